The molecule has 0 atom stereocenters. The van der Waals surface area contributed by atoms with Crippen molar-refractivity contribution in [2.45, 2.75) is 39.8 Å². The molecular weight excluding hydrogens is 310 g/mol. The van der Waals surface area contributed by atoms with Crippen LogP contribution in [-0.2, 0) is 16.1 Å². The van der Waals surface area contributed by atoms with Crippen molar-refractivity contribution in [3.63, 3.8) is 0 Å². The Balaban J connectivity index is 2.18. The van der Waals surface area contributed by atoms with E-state index in [2.05, 4.69) is 4.98 Å². The Labute approximate surface area is 139 Å². The first kappa shape index (κ1) is 17.7. The Morgan fingerprint density at radius 3 is 2.67 bits per heavy atom. The molecule has 0 spiro atoms. The van der Waals surface area contributed by atoms with Crippen LogP contribution in [0.25, 0.3) is 10.9 Å². The van der Waals surface area contributed by atoms with E-state index in [-0.39, 0.29) is 37.0 Å². The van der Waals surface area contributed by atoms with E-state index in [0.29, 0.717) is 10.9 Å². The van der Waals surface area contributed by atoms with Crippen molar-refractivity contribution in [3.8, 4) is 0 Å². The number of benzene rings is 1. The molecule has 24 heavy (non-hydrogen) atoms. The second-order valence-electron chi connectivity index (χ2n) is 5.97. The fourth-order valence-electron chi connectivity index (χ4n) is 2.56. The van der Waals surface area contributed by atoms with E-state index in [1.54, 1.807) is 26.0 Å². The molecule has 7 heteroatoms. The zero-order valence-corrected chi connectivity index (χ0v) is 14.0. The number of hydrogen-bond acceptors (Lipinski definition) is 4. The molecule has 2 aromatic rings. The first-order chi connectivity index (χ1) is 11.3. The number of nitrogens with zero attached hydrogens (tertiary/aromatic N) is 3. The van der Waals surface area contributed by atoms with Crippen LogP contribution in [0.2, 0.25) is 0 Å². The highest BCUT2D eigenvalue weighted by molar-refractivity contribution is 5.82. The molecule has 128 valence electrons. The Kier molecular flexibility index (Phi) is 5.33. The summed E-state index contributed by atoms with van der Waals surface area (Å²) in [4.78, 5) is 41.2. The highest BCUT2D eigenvalue weighted by atomic mass is 16.4. The number of aliphatic carboxylic acids is 1. The van der Waals surface area contributed by atoms with Crippen molar-refractivity contribution < 1.29 is 14.7 Å². The van der Waals surface area contributed by atoms with Crippen LogP contribution in [-0.4, -0.2) is 44.0 Å². The van der Waals surface area contributed by atoms with E-state index in [1.807, 2.05) is 13.0 Å². The molecule has 0 saturated heterocycles. The topological polar surface area (TPSA) is 92.5 Å². The SMILES string of the molecule is Cc1cccc2c(=O)n(CCC(=O)N(CC(=O)O)C(C)C)cnc12. The van der Waals surface area contributed by atoms with Gasteiger partial charge in [0.25, 0.3) is 5.56 Å². The monoisotopic (exact) mass is 331 g/mol. The number of carbonyl (C=O) groups excluding carboxylic acids is 1. The fraction of sp³-hybridized carbons (Fsp3) is 0.412. The second-order valence-corrected chi connectivity index (χ2v) is 5.97. The van der Waals surface area contributed by atoms with Crippen LogP contribution in [0.15, 0.2) is 29.3 Å². The number of amides is 1. The first-order valence-electron chi connectivity index (χ1n) is 7.77. The molecule has 7 nitrogen and oxygen atoms in total. The molecule has 0 aliphatic carbocycles. The van der Waals surface area contributed by atoms with Crippen LogP contribution in [0, 0.1) is 6.92 Å². The summed E-state index contributed by atoms with van der Waals surface area (Å²) in [6.07, 6.45) is 1.48. The largest absolute Gasteiger partial charge is 0.480 e. The Bertz CT molecular complexity index is 826. The Morgan fingerprint density at radius 2 is 2.04 bits per heavy atom. The lowest BCUT2D eigenvalue weighted by Crippen LogP contribution is -2.41. The maximum absolute atomic E-state index is 12.5. The summed E-state index contributed by atoms with van der Waals surface area (Å²) in [5, 5.41) is 9.41. The summed E-state index contributed by atoms with van der Waals surface area (Å²) in [6, 6.07) is 5.17. The van der Waals surface area contributed by atoms with Crippen molar-refractivity contribution >= 4 is 22.8 Å². The Hall–Kier alpha value is -2.70. The zero-order valence-electron chi connectivity index (χ0n) is 14.0. The number of carbonyl (C=O) groups is 2. The van der Waals surface area contributed by atoms with Crippen LogP contribution in [0.3, 0.4) is 0 Å². The minimum atomic E-state index is -1.06. The van der Waals surface area contributed by atoms with Crippen molar-refractivity contribution in [2.75, 3.05) is 6.54 Å². The van der Waals surface area contributed by atoms with E-state index in [4.69, 9.17) is 5.11 Å². The van der Waals surface area contributed by atoms with Gasteiger partial charge in [-0.25, -0.2) is 4.98 Å². The van der Waals surface area contributed by atoms with E-state index in [1.165, 1.54) is 15.8 Å². The van der Waals surface area contributed by atoms with Gasteiger partial charge in [-0.3, -0.25) is 19.0 Å². The molecule has 2 rings (SSSR count). The lowest BCUT2D eigenvalue weighted by atomic mass is 10.1. The Morgan fingerprint density at radius 1 is 1.33 bits per heavy atom. The number of carboxylic acids is 1. The van der Waals surface area contributed by atoms with Crippen LogP contribution in [0.4, 0.5) is 0 Å². The number of aromatic nitrogens is 2. The van der Waals surface area contributed by atoms with E-state index in [9.17, 15) is 14.4 Å². The van der Waals surface area contributed by atoms with Gasteiger partial charge in [0.2, 0.25) is 5.91 Å². The van der Waals surface area contributed by atoms with Gasteiger partial charge in [0.05, 0.1) is 17.2 Å². The molecule has 1 heterocycles. The van der Waals surface area contributed by atoms with Crippen molar-refractivity contribution in [2.24, 2.45) is 0 Å². The third kappa shape index (κ3) is 3.79. The minimum Gasteiger partial charge on any atom is -0.480 e. The lowest BCUT2D eigenvalue weighted by molar-refractivity contribution is -0.145. The zero-order chi connectivity index (χ0) is 17.9. The standard InChI is InChI=1S/C17H21N3O4/c1-11(2)20(9-15(22)23)14(21)7-8-19-10-18-16-12(3)5-4-6-13(16)17(19)24/h4-6,10-11H,7-9H2,1-3H3,(H,22,23). The van der Waals surface area contributed by atoms with Gasteiger partial charge >= 0.3 is 5.97 Å². The van der Waals surface area contributed by atoms with Crippen molar-refractivity contribution in [1.82, 2.24) is 14.5 Å². The fourth-order valence-corrected chi connectivity index (χ4v) is 2.56. The van der Waals surface area contributed by atoms with Gasteiger partial charge in [0.1, 0.15) is 6.54 Å². The van der Waals surface area contributed by atoms with Gasteiger partial charge in [0.15, 0.2) is 0 Å². The van der Waals surface area contributed by atoms with Gasteiger partial charge in [-0.2, -0.15) is 0 Å². The highest BCUT2D eigenvalue weighted by Gasteiger charge is 2.19. The first-order valence-corrected chi connectivity index (χ1v) is 7.77. The summed E-state index contributed by atoms with van der Waals surface area (Å²) in [6.45, 7) is 5.22. The molecule has 0 fully saturated rings. The van der Waals surface area contributed by atoms with Crippen LogP contribution >= 0.6 is 0 Å². The lowest BCUT2D eigenvalue weighted by Gasteiger charge is -2.25. The van der Waals surface area contributed by atoms with Crippen molar-refractivity contribution in [3.05, 3.63) is 40.4 Å². The molecule has 0 radical (unpaired) electrons. The number of hydrogen-bond donors (Lipinski definition) is 1. The van der Waals surface area contributed by atoms with E-state index < -0.39 is 5.97 Å². The van der Waals surface area contributed by atoms with Gasteiger partial charge in [-0.15, -0.1) is 0 Å². The van der Waals surface area contributed by atoms with Gasteiger partial charge in [-0.1, -0.05) is 12.1 Å². The number of para-hydroxylation sites is 1. The van der Waals surface area contributed by atoms with Gasteiger partial charge < -0.3 is 10.0 Å². The smallest absolute Gasteiger partial charge is 0.323 e. The summed E-state index contributed by atoms with van der Waals surface area (Å²) < 4.78 is 1.39. The van der Waals surface area contributed by atoms with Crippen LogP contribution < -0.4 is 5.56 Å². The van der Waals surface area contributed by atoms with E-state index >= 15 is 0 Å². The number of rotatable bonds is 6. The summed E-state index contributed by atoms with van der Waals surface area (Å²) in [5.74, 6) is -1.36. The number of fused-ring (bicyclic) bond motifs is 1. The molecule has 1 amide bonds. The molecule has 0 saturated carbocycles. The maximum atomic E-state index is 12.5. The second kappa shape index (κ2) is 7.25. The van der Waals surface area contributed by atoms with Crippen LogP contribution in [0.1, 0.15) is 25.8 Å². The van der Waals surface area contributed by atoms with Gasteiger partial charge in [-0.05, 0) is 32.4 Å². The summed E-state index contributed by atoms with van der Waals surface area (Å²) in [5.41, 5.74) is 1.37. The van der Waals surface area contributed by atoms with Gasteiger partial charge in [0, 0.05) is 19.0 Å². The summed E-state index contributed by atoms with van der Waals surface area (Å²) in [7, 11) is 0. The molecule has 0 unspecified atom stereocenters. The highest BCUT2D eigenvalue weighted by Crippen LogP contribution is 2.11. The molecule has 1 N–H and O–H groups in total. The maximum Gasteiger partial charge on any atom is 0.323 e. The van der Waals surface area contributed by atoms with E-state index in [0.717, 1.165) is 5.56 Å². The average Bonchev–Trinajstić information content (AvgIpc) is 2.52. The van der Waals surface area contributed by atoms with Crippen LogP contribution in [0.5, 0.6) is 0 Å². The third-order valence-electron chi connectivity index (χ3n) is 3.87. The number of aryl methyl sites for hydroxylation is 2. The number of carboxylic acid groups (broad SMARTS) is 1. The average molecular weight is 331 g/mol. The van der Waals surface area contributed by atoms with Crippen molar-refractivity contribution in [1.29, 1.82) is 0 Å². The molecule has 1 aromatic heterocycles. The molecule has 0 aliphatic heterocycles. The molecular formula is C17H21N3O4. The summed E-state index contributed by atoms with van der Waals surface area (Å²) >= 11 is 0. The minimum absolute atomic E-state index is 0.0460. The molecule has 1 aromatic carbocycles. The predicted octanol–water partition coefficient (Wildman–Crippen LogP) is 1.42. The third-order valence-corrected chi connectivity index (χ3v) is 3.87. The molecule has 0 aliphatic rings. The normalized spacial score (nSPS) is 11.0. The quantitative estimate of drug-likeness (QED) is 0.864. The predicted molar refractivity (Wildman–Crippen MR) is 89.8 cm³/mol. The molecule has 0 bridgehead atoms.